The molecule has 0 saturated carbocycles. The summed E-state index contributed by atoms with van der Waals surface area (Å²) in [4.78, 5) is 10.9. The summed E-state index contributed by atoms with van der Waals surface area (Å²) in [6.45, 7) is 5.64. The third-order valence-corrected chi connectivity index (χ3v) is 3.01. The molecule has 110 valence electrons. The van der Waals surface area contributed by atoms with E-state index in [-0.39, 0.29) is 5.78 Å². The average molecular weight is 280 g/mol. The molecule has 0 bridgehead atoms. The summed E-state index contributed by atoms with van der Waals surface area (Å²) >= 11 is 0. The van der Waals surface area contributed by atoms with E-state index in [2.05, 4.69) is 48.6 Å². The molecule has 1 nitrogen and oxygen atoms in total. The zero-order valence-electron chi connectivity index (χ0n) is 13.2. The van der Waals surface area contributed by atoms with Crippen molar-refractivity contribution in [3.8, 4) is 0 Å². The summed E-state index contributed by atoms with van der Waals surface area (Å²) in [5, 5.41) is 0. The zero-order chi connectivity index (χ0) is 15.5. The maximum absolute atomic E-state index is 10.9. The van der Waals surface area contributed by atoms with Crippen molar-refractivity contribution in [3.05, 3.63) is 71.3 Å². The topological polar surface area (TPSA) is 17.1 Å². The van der Waals surface area contributed by atoms with Crippen LogP contribution in [0.15, 0.2) is 54.6 Å². The number of benzene rings is 2. The normalized spacial score (nSPS) is 10.0. The summed E-state index contributed by atoms with van der Waals surface area (Å²) in [6.07, 6.45) is 5.66. The van der Waals surface area contributed by atoms with E-state index >= 15 is 0 Å². The molecule has 0 N–H and O–H groups in total. The maximum atomic E-state index is 10.9. The van der Waals surface area contributed by atoms with Crippen molar-refractivity contribution < 1.29 is 4.79 Å². The molecule has 0 aromatic heterocycles. The monoisotopic (exact) mass is 280 g/mol. The highest BCUT2D eigenvalue weighted by atomic mass is 16.1. The van der Waals surface area contributed by atoms with Crippen LogP contribution in [0.4, 0.5) is 0 Å². The van der Waals surface area contributed by atoms with E-state index < -0.39 is 0 Å². The molecule has 0 aliphatic heterocycles. The summed E-state index contributed by atoms with van der Waals surface area (Å²) in [6, 6.07) is 18.6. The molecule has 21 heavy (non-hydrogen) atoms. The fourth-order valence-electron chi connectivity index (χ4n) is 1.87. The van der Waals surface area contributed by atoms with Crippen molar-refractivity contribution in [2.75, 3.05) is 0 Å². The van der Waals surface area contributed by atoms with Gasteiger partial charge < -0.3 is 4.79 Å². The maximum Gasteiger partial charge on any atom is 0.130 e. The largest absolute Gasteiger partial charge is 0.300 e. The van der Waals surface area contributed by atoms with Gasteiger partial charge in [-0.25, -0.2) is 0 Å². The highest BCUT2D eigenvalue weighted by Crippen LogP contribution is 2.11. The molecular weight excluding hydrogens is 256 g/mol. The van der Waals surface area contributed by atoms with Gasteiger partial charge in [0.05, 0.1) is 0 Å². The second-order valence-electron chi connectivity index (χ2n) is 4.69. The molecule has 0 aliphatic carbocycles. The predicted octanol–water partition coefficient (Wildman–Crippen LogP) is 5.40. The highest BCUT2D eigenvalue weighted by molar-refractivity contribution is 5.75. The summed E-state index contributed by atoms with van der Waals surface area (Å²) < 4.78 is 0. The predicted molar refractivity (Wildman–Crippen MR) is 92.2 cm³/mol. The molecule has 2 aromatic carbocycles. The van der Waals surface area contributed by atoms with Gasteiger partial charge in [-0.05, 0) is 30.0 Å². The molecule has 0 atom stereocenters. The van der Waals surface area contributed by atoms with Crippen molar-refractivity contribution in [1.29, 1.82) is 0 Å². The van der Waals surface area contributed by atoms with Gasteiger partial charge in [-0.3, -0.25) is 0 Å². The third-order valence-electron chi connectivity index (χ3n) is 3.01. The van der Waals surface area contributed by atoms with Crippen LogP contribution in [0.25, 0.3) is 12.2 Å². The Hall–Kier alpha value is -2.15. The van der Waals surface area contributed by atoms with Gasteiger partial charge >= 0.3 is 0 Å². The van der Waals surface area contributed by atoms with Crippen LogP contribution in [0.2, 0.25) is 0 Å². The Morgan fingerprint density at radius 2 is 1.38 bits per heavy atom. The first-order valence-corrected chi connectivity index (χ1v) is 7.55. The van der Waals surface area contributed by atoms with Gasteiger partial charge in [0, 0.05) is 6.42 Å². The van der Waals surface area contributed by atoms with E-state index in [1.807, 2.05) is 32.0 Å². The van der Waals surface area contributed by atoms with Crippen LogP contribution in [0.5, 0.6) is 0 Å². The van der Waals surface area contributed by atoms with Gasteiger partial charge in [0.2, 0.25) is 0 Å². The van der Waals surface area contributed by atoms with Crippen LogP contribution in [-0.2, 0) is 11.2 Å². The smallest absolute Gasteiger partial charge is 0.130 e. The van der Waals surface area contributed by atoms with Crippen LogP contribution in [0, 0.1) is 0 Å². The van der Waals surface area contributed by atoms with Crippen molar-refractivity contribution in [1.82, 2.24) is 0 Å². The van der Waals surface area contributed by atoms with Crippen molar-refractivity contribution in [2.24, 2.45) is 0 Å². The number of hydrogen-bond donors (Lipinski definition) is 0. The van der Waals surface area contributed by atoms with Crippen LogP contribution < -0.4 is 0 Å². The fourth-order valence-corrected chi connectivity index (χ4v) is 1.87. The molecular formula is C20H24O. The van der Waals surface area contributed by atoms with E-state index in [1.165, 1.54) is 16.7 Å². The number of ketones is 1. The van der Waals surface area contributed by atoms with Crippen molar-refractivity contribution in [3.63, 3.8) is 0 Å². The quantitative estimate of drug-likeness (QED) is 0.670. The van der Waals surface area contributed by atoms with E-state index in [1.54, 1.807) is 6.92 Å². The molecule has 2 aromatic rings. The van der Waals surface area contributed by atoms with Gasteiger partial charge in [-0.1, -0.05) is 80.6 Å². The number of carbonyl (C=O) groups excluding carboxylic acids is 1. The van der Waals surface area contributed by atoms with Crippen molar-refractivity contribution in [2.45, 2.75) is 33.6 Å². The molecule has 0 aliphatic rings. The molecule has 0 saturated heterocycles. The lowest BCUT2D eigenvalue weighted by Gasteiger charge is -2.00. The minimum atomic E-state index is 0.244. The lowest BCUT2D eigenvalue weighted by Crippen LogP contribution is -1.93. The molecule has 0 radical (unpaired) electrons. The third kappa shape index (κ3) is 6.71. The van der Waals surface area contributed by atoms with Gasteiger partial charge in [0.25, 0.3) is 0 Å². The lowest BCUT2D eigenvalue weighted by atomic mass is 10.1. The first kappa shape index (κ1) is 16.9. The van der Waals surface area contributed by atoms with Crippen molar-refractivity contribution >= 4 is 17.9 Å². The molecule has 0 spiro atoms. The standard InChI is InChI=1S/C18H18O.C2H6/c1-15(19)7-8-17-11-13-18(14-12-17)10-9-16-5-3-2-4-6-16;1-2/h2-6,9-14H,7-8H2,1H3;1-2H3/b10-9+;. The molecule has 1 heteroatoms. The van der Waals surface area contributed by atoms with Gasteiger partial charge in [0.1, 0.15) is 5.78 Å². The Kier molecular flexibility index (Phi) is 7.81. The van der Waals surface area contributed by atoms with E-state index in [9.17, 15) is 4.79 Å². The number of rotatable bonds is 5. The van der Waals surface area contributed by atoms with Gasteiger partial charge in [-0.2, -0.15) is 0 Å². The lowest BCUT2D eigenvalue weighted by molar-refractivity contribution is -0.116. The molecule has 0 heterocycles. The Labute approximate surface area is 128 Å². The minimum absolute atomic E-state index is 0.244. The Morgan fingerprint density at radius 1 is 0.857 bits per heavy atom. The average Bonchev–Trinajstić information content (AvgIpc) is 2.55. The number of carbonyl (C=O) groups is 1. The fraction of sp³-hybridized carbons (Fsp3) is 0.250. The molecule has 0 fully saturated rings. The zero-order valence-corrected chi connectivity index (χ0v) is 13.2. The first-order chi connectivity index (χ1) is 10.2. The minimum Gasteiger partial charge on any atom is -0.300 e. The molecule has 2 rings (SSSR count). The summed E-state index contributed by atoms with van der Waals surface area (Å²) in [5.74, 6) is 0.244. The molecule has 0 amide bonds. The number of Topliss-reactive ketones (excluding diaryl/α,β-unsaturated/α-hetero) is 1. The summed E-state index contributed by atoms with van der Waals surface area (Å²) in [7, 11) is 0. The number of aryl methyl sites for hydroxylation is 1. The van der Waals surface area contributed by atoms with E-state index in [4.69, 9.17) is 0 Å². The van der Waals surface area contributed by atoms with Crippen LogP contribution in [-0.4, -0.2) is 5.78 Å². The van der Waals surface area contributed by atoms with Crippen LogP contribution in [0.1, 0.15) is 43.9 Å². The Balaban J connectivity index is 0.00000106. The van der Waals surface area contributed by atoms with Gasteiger partial charge in [-0.15, -0.1) is 0 Å². The van der Waals surface area contributed by atoms with Crippen LogP contribution in [0.3, 0.4) is 0 Å². The SMILES string of the molecule is CC.CC(=O)CCc1ccc(/C=C/c2ccccc2)cc1. The second-order valence-corrected chi connectivity index (χ2v) is 4.69. The first-order valence-electron chi connectivity index (χ1n) is 7.55. The highest BCUT2D eigenvalue weighted by Gasteiger charge is 1.96. The molecule has 0 unspecified atom stereocenters. The second kappa shape index (κ2) is 9.71. The number of hydrogen-bond acceptors (Lipinski definition) is 1. The Morgan fingerprint density at radius 3 is 1.90 bits per heavy atom. The Bertz CT molecular complexity index is 550. The van der Waals surface area contributed by atoms with Crippen LogP contribution >= 0.6 is 0 Å². The van der Waals surface area contributed by atoms with E-state index in [0.717, 1.165) is 6.42 Å². The summed E-state index contributed by atoms with van der Waals surface area (Å²) in [5.41, 5.74) is 3.59. The van der Waals surface area contributed by atoms with Gasteiger partial charge in [0.15, 0.2) is 0 Å². The van der Waals surface area contributed by atoms with E-state index in [0.29, 0.717) is 6.42 Å².